The van der Waals surface area contributed by atoms with Gasteiger partial charge in [0.1, 0.15) is 10.0 Å². The normalized spacial score (nSPS) is 24.9. The minimum Gasteiger partial charge on any atom is -0.388 e. The Morgan fingerprint density at radius 2 is 1.82 bits per heavy atom. The molecule has 2 atom stereocenters. The summed E-state index contributed by atoms with van der Waals surface area (Å²) in [6.07, 6.45) is 1.00. The molecule has 2 unspecified atom stereocenters. The van der Waals surface area contributed by atoms with Crippen molar-refractivity contribution < 1.29 is 17.9 Å². The lowest BCUT2D eigenvalue weighted by molar-refractivity contribution is 0.157. The Labute approximate surface area is 169 Å². The molecule has 0 amide bonds. The van der Waals surface area contributed by atoms with Gasteiger partial charge in [-0.15, -0.1) is 11.3 Å². The van der Waals surface area contributed by atoms with Crippen LogP contribution in [0.15, 0.2) is 39.9 Å². The van der Waals surface area contributed by atoms with Gasteiger partial charge in [0.15, 0.2) is 9.84 Å². The summed E-state index contributed by atoms with van der Waals surface area (Å²) in [5, 5.41) is 11.5. The molecule has 0 bridgehead atoms. The van der Waals surface area contributed by atoms with Crippen LogP contribution in [0.5, 0.6) is 0 Å². The van der Waals surface area contributed by atoms with Gasteiger partial charge in [-0.3, -0.25) is 4.90 Å². The molecule has 0 spiro atoms. The molecule has 4 rings (SSSR count). The zero-order valence-electron chi connectivity index (χ0n) is 15.6. The Morgan fingerprint density at radius 3 is 2.54 bits per heavy atom. The Hall–Kier alpha value is -1.48. The van der Waals surface area contributed by atoms with Crippen LogP contribution in [-0.4, -0.2) is 56.4 Å². The van der Waals surface area contributed by atoms with E-state index in [4.69, 9.17) is 0 Å². The van der Waals surface area contributed by atoms with Crippen LogP contribution in [0.4, 0.5) is 10.1 Å². The SMILES string of the molecule is O=S1(=O)c2sccc2C(O)CC1CCCN1CCN(c2ccc(F)cc2)CC1. The monoisotopic (exact) mass is 424 g/mol. The van der Waals surface area contributed by atoms with E-state index in [1.54, 1.807) is 11.4 Å². The van der Waals surface area contributed by atoms with E-state index in [1.807, 2.05) is 12.1 Å². The highest BCUT2D eigenvalue weighted by molar-refractivity contribution is 7.94. The second-order valence-electron chi connectivity index (χ2n) is 7.53. The van der Waals surface area contributed by atoms with Crippen LogP contribution in [0.3, 0.4) is 0 Å². The third-order valence-corrected chi connectivity index (χ3v) is 9.53. The van der Waals surface area contributed by atoms with E-state index >= 15 is 0 Å². The van der Waals surface area contributed by atoms with Crippen molar-refractivity contribution in [3.8, 4) is 0 Å². The second-order valence-corrected chi connectivity index (χ2v) is 10.9. The second kappa shape index (κ2) is 8.10. The van der Waals surface area contributed by atoms with Crippen molar-refractivity contribution in [1.82, 2.24) is 4.90 Å². The van der Waals surface area contributed by atoms with Gasteiger partial charge >= 0.3 is 0 Å². The molecule has 2 aliphatic heterocycles. The summed E-state index contributed by atoms with van der Waals surface area (Å²) in [6, 6.07) is 8.31. The molecular weight excluding hydrogens is 399 g/mol. The highest BCUT2D eigenvalue weighted by Gasteiger charge is 2.38. The molecule has 0 radical (unpaired) electrons. The van der Waals surface area contributed by atoms with Crippen molar-refractivity contribution in [2.24, 2.45) is 0 Å². The Balaban J connectivity index is 1.27. The summed E-state index contributed by atoms with van der Waals surface area (Å²) >= 11 is 1.21. The van der Waals surface area contributed by atoms with Crippen LogP contribution in [0.1, 0.15) is 30.9 Å². The number of aliphatic hydroxyl groups is 1. The average molecular weight is 425 g/mol. The number of thiophene rings is 1. The van der Waals surface area contributed by atoms with E-state index in [0.29, 0.717) is 22.6 Å². The lowest BCUT2D eigenvalue weighted by atomic mass is 10.0. The van der Waals surface area contributed by atoms with Crippen molar-refractivity contribution in [1.29, 1.82) is 0 Å². The number of halogens is 1. The molecule has 1 N–H and O–H groups in total. The fourth-order valence-electron chi connectivity index (χ4n) is 4.13. The summed E-state index contributed by atoms with van der Waals surface area (Å²) in [5.41, 5.74) is 1.60. The minimum absolute atomic E-state index is 0.222. The number of sulfone groups is 1. The highest BCUT2D eigenvalue weighted by atomic mass is 32.2. The Bertz CT molecular complexity index is 906. The molecule has 152 valence electrons. The fourth-order valence-corrected chi connectivity index (χ4v) is 7.67. The molecule has 1 aromatic heterocycles. The van der Waals surface area contributed by atoms with Gasteiger partial charge in [0.25, 0.3) is 0 Å². The molecule has 1 saturated heterocycles. The molecular formula is C20H25FN2O3S2. The van der Waals surface area contributed by atoms with Gasteiger partial charge in [0.05, 0.1) is 11.4 Å². The van der Waals surface area contributed by atoms with Crippen molar-refractivity contribution in [2.75, 3.05) is 37.6 Å². The van der Waals surface area contributed by atoms with E-state index < -0.39 is 21.2 Å². The van der Waals surface area contributed by atoms with Gasteiger partial charge in [-0.1, -0.05) is 0 Å². The number of fused-ring (bicyclic) bond motifs is 1. The summed E-state index contributed by atoms with van der Waals surface area (Å²) in [7, 11) is -3.32. The molecule has 1 aromatic carbocycles. The number of anilines is 1. The van der Waals surface area contributed by atoms with E-state index in [0.717, 1.165) is 44.8 Å². The molecule has 0 saturated carbocycles. The predicted molar refractivity (Wildman–Crippen MR) is 109 cm³/mol. The first-order valence-electron chi connectivity index (χ1n) is 9.67. The first-order valence-corrected chi connectivity index (χ1v) is 12.1. The van der Waals surface area contributed by atoms with Crippen LogP contribution in [0, 0.1) is 5.82 Å². The highest BCUT2D eigenvalue weighted by Crippen LogP contribution is 2.40. The number of aliphatic hydroxyl groups excluding tert-OH is 1. The number of piperazine rings is 1. The van der Waals surface area contributed by atoms with Crippen molar-refractivity contribution in [2.45, 2.75) is 34.8 Å². The Kier molecular flexibility index (Phi) is 5.73. The van der Waals surface area contributed by atoms with Crippen LogP contribution in [0.2, 0.25) is 0 Å². The lowest BCUT2D eigenvalue weighted by Crippen LogP contribution is -2.46. The smallest absolute Gasteiger partial charge is 0.191 e. The molecule has 28 heavy (non-hydrogen) atoms. The molecule has 8 heteroatoms. The maximum absolute atomic E-state index is 13.1. The summed E-state index contributed by atoms with van der Waals surface area (Å²) in [4.78, 5) is 4.60. The number of nitrogens with zero attached hydrogens (tertiary/aromatic N) is 2. The van der Waals surface area contributed by atoms with Gasteiger partial charge in [-0.05, 0) is 61.5 Å². The third-order valence-electron chi connectivity index (χ3n) is 5.77. The van der Waals surface area contributed by atoms with Crippen molar-refractivity contribution in [3.63, 3.8) is 0 Å². The van der Waals surface area contributed by atoms with E-state index in [1.165, 1.54) is 23.5 Å². The maximum atomic E-state index is 13.1. The van der Waals surface area contributed by atoms with E-state index in [9.17, 15) is 17.9 Å². The Morgan fingerprint density at radius 1 is 1.11 bits per heavy atom. The van der Waals surface area contributed by atoms with Crippen LogP contribution >= 0.6 is 11.3 Å². The van der Waals surface area contributed by atoms with Gasteiger partial charge in [-0.25, -0.2) is 12.8 Å². The summed E-state index contributed by atoms with van der Waals surface area (Å²) in [5.74, 6) is -0.222. The predicted octanol–water partition coefficient (Wildman–Crippen LogP) is 3.07. The first kappa shape index (κ1) is 19.8. The molecule has 3 heterocycles. The zero-order valence-corrected chi connectivity index (χ0v) is 17.3. The third kappa shape index (κ3) is 3.96. The number of benzene rings is 1. The summed E-state index contributed by atoms with van der Waals surface area (Å²) < 4.78 is 39.0. The topological polar surface area (TPSA) is 60.9 Å². The van der Waals surface area contributed by atoms with Crippen molar-refractivity contribution in [3.05, 3.63) is 47.1 Å². The average Bonchev–Trinajstić information content (AvgIpc) is 3.19. The summed E-state index contributed by atoms with van der Waals surface area (Å²) in [6.45, 7) is 4.44. The molecule has 0 aliphatic carbocycles. The molecule has 2 aliphatic rings. The minimum atomic E-state index is -3.32. The standard InChI is InChI=1S/C20H25FN2O3S2/c21-15-3-5-16(6-4-15)23-11-9-22(10-12-23)8-1-2-17-14-19(24)18-7-13-27-20(18)28(17,25)26/h3-7,13,17,19,24H,1-2,8-12,14H2. The number of hydrogen-bond donors (Lipinski definition) is 1. The van der Waals surface area contributed by atoms with Crippen LogP contribution in [0.25, 0.3) is 0 Å². The van der Waals surface area contributed by atoms with E-state index in [2.05, 4.69) is 9.80 Å². The zero-order chi connectivity index (χ0) is 19.7. The maximum Gasteiger partial charge on any atom is 0.191 e. The van der Waals surface area contributed by atoms with Gasteiger partial charge in [0.2, 0.25) is 0 Å². The van der Waals surface area contributed by atoms with Crippen molar-refractivity contribution >= 4 is 26.9 Å². The number of rotatable bonds is 5. The largest absolute Gasteiger partial charge is 0.388 e. The van der Waals surface area contributed by atoms with Crippen LogP contribution < -0.4 is 4.90 Å². The molecule has 2 aromatic rings. The van der Waals surface area contributed by atoms with Crippen LogP contribution in [-0.2, 0) is 9.84 Å². The quantitative estimate of drug-likeness (QED) is 0.799. The molecule has 1 fully saturated rings. The number of hydrogen-bond acceptors (Lipinski definition) is 6. The van der Waals surface area contributed by atoms with Gasteiger partial charge in [-0.2, -0.15) is 0 Å². The first-order chi connectivity index (χ1) is 13.4. The van der Waals surface area contributed by atoms with Gasteiger partial charge < -0.3 is 10.0 Å². The fraction of sp³-hybridized carbons (Fsp3) is 0.500. The lowest BCUT2D eigenvalue weighted by Gasteiger charge is -2.36. The van der Waals surface area contributed by atoms with E-state index in [-0.39, 0.29) is 5.82 Å². The molecule has 5 nitrogen and oxygen atoms in total. The van der Waals surface area contributed by atoms with Gasteiger partial charge in [0, 0.05) is 37.4 Å².